The number of benzene rings is 3. The molecule has 0 saturated carbocycles. The molecule has 0 aromatic heterocycles. The van der Waals surface area contributed by atoms with Gasteiger partial charge in [0.05, 0.1) is 6.54 Å². The second-order valence-corrected chi connectivity index (χ2v) is 8.84. The molecule has 0 atom stereocenters. The molecule has 33 heavy (non-hydrogen) atoms. The molecule has 0 saturated heterocycles. The van der Waals surface area contributed by atoms with Gasteiger partial charge in [0.1, 0.15) is 12.9 Å². The van der Waals surface area contributed by atoms with Gasteiger partial charge >= 0.3 is 6.09 Å². The van der Waals surface area contributed by atoms with Crippen molar-refractivity contribution >= 4 is 35.0 Å². The number of halogens is 1. The zero-order valence-electron chi connectivity index (χ0n) is 18.5. The first-order valence-electron chi connectivity index (χ1n) is 11.0. The van der Waals surface area contributed by atoms with Gasteiger partial charge in [0.25, 0.3) is 0 Å². The fraction of sp³-hybridized carbons (Fsp3) is 0.259. The Hall–Kier alpha value is -2.71. The third-order valence-corrected chi connectivity index (χ3v) is 6.41. The topological polar surface area (TPSA) is 58.6 Å². The molecule has 0 fully saturated rings. The Morgan fingerprint density at radius 3 is 1.97 bits per heavy atom. The second-order valence-electron chi connectivity index (χ2n) is 7.76. The molecule has 0 heterocycles. The molecule has 5 nitrogen and oxygen atoms in total. The highest BCUT2D eigenvalue weighted by Crippen LogP contribution is 2.36. The third kappa shape index (κ3) is 6.88. The summed E-state index contributed by atoms with van der Waals surface area (Å²) in [4.78, 5) is 24.1. The number of hydrazine groups is 1. The summed E-state index contributed by atoms with van der Waals surface area (Å²) < 4.78 is 6.49. The van der Waals surface area contributed by atoms with Crippen LogP contribution >= 0.6 is 22.6 Å². The molecule has 0 aliphatic carbocycles. The molecule has 3 aromatic rings. The van der Waals surface area contributed by atoms with Crippen LogP contribution in [-0.2, 0) is 21.6 Å². The number of nitrogens with one attached hydrogen (secondary N) is 1. The molecule has 3 rings (SSSR count). The number of aldehydes is 1. The van der Waals surface area contributed by atoms with Gasteiger partial charge in [0.2, 0.25) is 0 Å². The Labute approximate surface area is 209 Å². The average molecular weight is 556 g/mol. The summed E-state index contributed by atoms with van der Waals surface area (Å²) in [5.74, 6) is 0. The first-order chi connectivity index (χ1) is 16.2. The van der Waals surface area contributed by atoms with Crippen molar-refractivity contribution in [1.82, 2.24) is 10.4 Å². The highest BCUT2D eigenvalue weighted by atomic mass is 127. The van der Waals surface area contributed by atoms with Crippen LogP contribution < -0.4 is 5.43 Å². The lowest BCUT2D eigenvalue weighted by molar-refractivity contribution is -0.109. The van der Waals surface area contributed by atoms with Crippen LogP contribution in [0.2, 0.25) is 0 Å². The number of amides is 1. The van der Waals surface area contributed by atoms with Crippen molar-refractivity contribution in [1.29, 1.82) is 0 Å². The summed E-state index contributed by atoms with van der Waals surface area (Å²) in [6, 6.07) is 30.1. The molecule has 1 N–H and O–H groups in total. The van der Waals surface area contributed by atoms with Gasteiger partial charge in [-0.25, -0.2) is 15.2 Å². The van der Waals surface area contributed by atoms with Crippen LogP contribution in [0.15, 0.2) is 91.0 Å². The Morgan fingerprint density at radius 1 is 0.909 bits per heavy atom. The molecule has 172 valence electrons. The maximum atomic E-state index is 12.8. The van der Waals surface area contributed by atoms with Crippen LogP contribution in [0.25, 0.3) is 0 Å². The molecule has 0 spiro atoms. The summed E-state index contributed by atoms with van der Waals surface area (Å²) in [7, 11) is 0. The molecule has 0 aliphatic rings. The van der Waals surface area contributed by atoms with Gasteiger partial charge in [-0.1, -0.05) is 114 Å². The van der Waals surface area contributed by atoms with Crippen molar-refractivity contribution in [3.63, 3.8) is 0 Å². The fourth-order valence-electron chi connectivity index (χ4n) is 3.94. The molecule has 1 amide bonds. The molecular formula is C27H29IN2O3. The number of carbonyl (C=O) groups is 2. The minimum absolute atomic E-state index is 0.0977. The van der Waals surface area contributed by atoms with Crippen molar-refractivity contribution < 1.29 is 14.3 Å². The van der Waals surface area contributed by atoms with E-state index in [1.807, 2.05) is 66.7 Å². The lowest BCUT2D eigenvalue weighted by atomic mass is 9.71. The highest BCUT2D eigenvalue weighted by molar-refractivity contribution is 14.1. The Kier molecular flexibility index (Phi) is 9.90. The van der Waals surface area contributed by atoms with Crippen LogP contribution in [0.5, 0.6) is 0 Å². The van der Waals surface area contributed by atoms with Crippen LogP contribution in [0.1, 0.15) is 29.5 Å². The van der Waals surface area contributed by atoms with Gasteiger partial charge in [0.15, 0.2) is 0 Å². The fourth-order valence-corrected chi connectivity index (χ4v) is 4.32. The van der Waals surface area contributed by atoms with Gasteiger partial charge in [-0.15, -0.1) is 0 Å². The predicted octanol–water partition coefficient (Wildman–Crippen LogP) is 5.53. The van der Waals surface area contributed by atoms with E-state index in [2.05, 4.69) is 52.3 Å². The number of ether oxygens (including phenoxy) is 1. The second kappa shape index (κ2) is 13.1. The third-order valence-electron chi connectivity index (χ3n) is 5.64. The predicted molar refractivity (Wildman–Crippen MR) is 139 cm³/mol. The smallest absolute Gasteiger partial charge is 0.424 e. The summed E-state index contributed by atoms with van der Waals surface area (Å²) in [5, 5.41) is 1.26. The normalized spacial score (nSPS) is 11.1. The standard InChI is InChI=1S/C27H29IN2O3/c28-18-10-17-27(24-13-6-2-7-14-24,25-15-8-3-9-16-25)22-29-30(19-20-31)26(32)33-21-23-11-4-1-5-12-23/h1-9,11-16,20,29H,10,17-19,21-22H2. The summed E-state index contributed by atoms with van der Waals surface area (Å²) in [6.07, 6.45) is 2.03. The van der Waals surface area contributed by atoms with E-state index >= 15 is 0 Å². The van der Waals surface area contributed by atoms with E-state index < -0.39 is 6.09 Å². The van der Waals surface area contributed by atoms with E-state index in [-0.39, 0.29) is 18.6 Å². The van der Waals surface area contributed by atoms with Crippen LogP contribution in [-0.4, -0.2) is 34.9 Å². The first-order valence-corrected chi connectivity index (χ1v) is 12.5. The molecule has 0 unspecified atom stereocenters. The number of nitrogens with zero attached hydrogens (tertiary/aromatic N) is 1. The number of carbonyl (C=O) groups excluding carboxylic acids is 2. The van der Waals surface area contributed by atoms with E-state index in [4.69, 9.17) is 4.74 Å². The van der Waals surface area contributed by atoms with Gasteiger partial charge < -0.3 is 9.53 Å². The van der Waals surface area contributed by atoms with Crippen molar-refractivity contribution in [3.05, 3.63) is 108 Å². The summed E-state index contributed by atoms with van der Waals surface area (Å²) in [6.45, 7) is 0.500. The molecule has 3 aromatic carbocycles. The van der Waals surface area contributed by atoms with E-state index in [1.54, 1.807) is 0 Å². The largest absolute Gasteiger partial charge is 0.444 e. The Balaban J connectivity index is 1.84. The number of rotatable bonds is 12. The van der Waals surface area contributed by atoms with Crippen LogP contribution in [0.4, 0.5) is 4.79 Å². The van der Waals surface area contributed by atoms with Gasteiger partial charge in [-0.3, -0.25) is 0 Å². The van der Waals surface area contributed by atoms with Crippen molar-refractivity contribution in [2.45, 2.75) is 24.9 Å². The molecule has 0 bridgehead atoms. The lowest BCUT2D eigenvalue weighted by Crippen LogP contribution is -2.50. The summed E-state index contributed by atoms with van der Waals surface area (Å²) >= 11 is 2.40. The quantitative estimate of drug-likeness (QED) is 0.138. The van der Waals surface area contributed by atoms with Gasteiger partial charge in [-0.05, 0) is 34.0 Å². The number of hydrogen-bond donors (Lipinski definition) is 1. The van der Waals surface area contributed by atoms with Crippen LogP contribution in [0, 0.1) is 0 Å². The van der Waals surface area contributed by atoms with Gasteiger partial charge in [0, 0.05) is 12.0 Å². The molecule has 0 aliphatic heterocycles. The molecule has 6 heteroatoms. The molecule has 0 radical (unpaired) electrons. The van der Waals surface area contributed by atoms with Crippen LogP contribution in [0.3, 0.4) is 0 Å². The maximum absolute atomic E-state index is 12.8. The lowest BCUT2D eigenvalue weighted by Gasteiger charge is -2.37. The van der Waals surface area contributed by atoms with E-state index in [1.165, 1.54) is 5.01 Å². The first kappa shape index (κ1) is 24.9. The minimum Gasteiger partial charge on any atom is -0.444 e. The Bertz CT molecular complexity index is 945. The van der Waals surface area contributed by atoms with E-state index in [0.29, 0.717) is 12.8 Å². The van der Waals surface area contributed by atoms with E-state index in [0.717, 1.165) is 34.0 Å². The zero-order chi connectivity index (χ0) is 23.4. The highest BCUT2D eigenvalue weighted by Gasteiger charge is 2.34. The average Bonchev–Trinajstić information content (AvgIpc) is 2.88. The van der Waals surface area contributed by atoms with Crippen molar-refractivity contribution in [3.8, 4) is 0 Å². The maximum Gasteiger partial charge on any atom is 0.424 e. The molecular weight excluding hydrogens is 527 g/mol. The van der Waals surface area contributed by atoms with Crippen molar-refractivity contribution in [2.24, 2.45) is 0 Å². The summed E-state index contributed by atoms with van der Waals surface area (Å²) in [5.41, 5.74) is 6.08. The zero-order valence-corrected chi connectivity index (χ0v) is 20.7. The SMILES string of the molecule is O=CCN(NCC(CCCI)(c1ccccc1)c1ccccc1)C(=O)OCc1ccccc1. The Morgan fingerprint density at radius 2 is 1.45 bits per heavy atom. The minimum atomic E-state index is -0.574. The number of alkyl halides is 1. The van der Waals surface area contributed by atoms with Crippen molar-refractivity contribution in [2.75, 3.05) is 17.5 Å². The number of hydrogen-bond acceptors (Lipinski definition) is 4. The van der Waals surface area contributed by atoms with Gasteiger partial charge in [-0.2, -0.15) is 0 Å². The van der Waals surface area contributed by atoms with E-state index in [9.17, 15) is 9.59 Å². The monoisotopic (exact) mass is 556 g/mol.